The molecule has 1 amide bonds. The Morgan fingerprint density at radius 1 is 0.970 bits per heavy atom. The average Bonchev–Trinajstić information content (AvgIpc) is 3.25. The van der Waals surface area contributed by atoms with Gasteiger partial charge in [0.05, 0.1) is 36.6 Å². The van der Waals surface area contributed by atoms with Gasteiger partial charge in [-0.1, -0.05) is 24.3 Å². The van der Waals surface area contributed by atoms with E-state index in [1.165, 1.54) is 10.8 Å². The Morgan fingerprint density at radius 2 is 1.67 bits per heavy atom. The van der Waals surface area contributed by atoms with Crippen LogP contribution in [0.25, 0.3) is 16.3 Å². The molecule has 7 heteroatoms. The highest BCUT2D eigenvalue weighted by Crippen LogP contribution is 2.38. The molecule has 0 aliphatic rings. The summed E-state index contributed by atoms with van der Waals surface area (Å²) in [6, 6.07) is 19.5. The van der Waals surface area contributed by atoms with Crippen molar-refractivity contribution in [3.8, 4) is 17.2 Å². The van der Waals surface area contributed by atoms with Crippen molar-refractivity contribution in [2.45, 2.75) is 6.42 Å². The number of carbonyl (C=O) groups excluding carboxylic acids is 1. The van der Waals surface area contributed by atoms with Gasteiger partial charge in [-0.05, 0) is 53.6 Å². The average molecular weight is 461 g/mol. The second kappa shape index (κ2) is 10.2. The molecule has 0 saturated carbocycles. The minimum Gasteiger partial charge on any atom is -0.493 e. The quantitative estimate of drug-likeness (QED) is 0.348. The standard InChI is InChI=1S/C26H24N2O4S/c1-30-21-14-18(15-22(31-2)26(21)32-3)10-13-24(29)27-19-11-8-17(9-12-19)16-25-28-20-6-4-5-7-23(20)33-25/h4-15H,16H2,1-3H3,(H,27,29)/b13-10+. The molecule has 4 rings (SSSR count). The molecule has 1 heterocycles. The van der Waals surface area contributed by atoms with E-state index in [1.54, 1.807) is 50.9 Å². The predicted molar refractivity (Wildman–Crippen MR) is 133 cm³/mol. The van der Waals surface area contributed by atoms with Gasteiger partial charge in [-0.3, -0.25) is 4.79 Å². The maximum atomic E-state index is 12.4. The molecule has 6 nitrogen and oxygen atoms in total. The molecule has 1 aromatic heterocycles. The molecule has 0 radical (unpaired) electrons. The number of hydrogen-bond acceptors (Lipinski definition) is 6. The molecule has 0 spiro atoms. The number of para-hydroxylation sites is 1. The van der Waals surface area contributed by atoms with Crippen molar-refractivity contribution < 1.29 is 19.0 Å². The molecular formula is C26H24N2O4S. The van der Waals surface area contributed by atoms with Crippen molar-refractivity contribution >= 4 is 39.2 Å². The van der Waals surface area contributed by atoms with E-state index >= 15 is 0 Å². The fraction of sp³-hybridized carbons (Fsp3) is 0.154. The lowest BCUT2D eigenvalue weighted by Crippen LogP contribution is -2.07. The number of ether oxygens (including phenoxy) is 3. The molecule has 0 fully saturated rings. The lowest BCUT2D eigenvalue weighted by molar-refractivity contribution is -0.111. The van der Waals surface area contributed by atoms with Crippen LogP contribution < -0.4 is 19.5 Å². The number of methoxy groups -OCH3 is 3. The van der Waals surface area contributed by atoms with Crippen LogP contribution in [0.3, 0.4) is 0 Å². The molecule has 0 atom stereocenters. The van der Waals surface area contributed by atoms with Gasteiger partial charge in [0.1, 0.15) is 0 Å². The Morgan fingerprint density at radius 3 is 2.30 bits per heavy atom. The van der Waals surface area contributed by atoms with E-state index in [0.29, 0.717) is 17.2 Å². The monoisotopic (exact) mass is 460 g/mol. The van der Waals surface area contributed by atoms with Crippen LogP contribution in [0.2, 0.25) is 0 Å². The first-order valence-corrected chi connectivity index (χ1v) is 11.1. The molecule has 4 aromatic rings. The van der Waals surface area contributed by atoms with E-state index < -0.39 is 0 Å². The van der Waals surface area contributed by atoms with Crippen LogP contribution in [0, 0.1) is 0 Å². The van der Waals surface area contributed by atoms with Crippen molar-refractivity contribution in [1.82, 2.24) is 4.98 Å². The third kappa shape index (κ3) is 5.32. The van der Waals surface area contributed by atoms with Gasteiger partial charge in [-0.15, -0.1) is 11.3 Å². The fourth-order valence-electron chi connectivity index (χ4n) is 3.43. The highest BCUT2D eigenvalue weighted by Gasteiger charge is 2.12. The summed E-state index contributed by atoms with van der Waals surface area (Å²) in [6.07, 6.45) is 3.92. The van der Waals surface area contributed by atoms with E-state index in [9.17, 15) is 4.79 Å². The highest BCUT2D eigenvalue weighted by molar-refractivity contribution is 7.18. The van der Waals surface area contributed by atoms with Crippen LogP contribution in [0.15, 0.2) is 66.7 Å². The molecule has 0 aliphatic carbocycles. The summed E-state index contributed by atoms with van der Waals surface area (Å²) in [7, 11) is 4.66. The number of nitrogens with one attached hydrogen (secondary N) is 1. The first kappa shape index (κ1) is 22.4. The lowest BCUT2D eigenvalue weighted by Gasteiger charge is -2.12. The van der Waals surface area contributed by atoms with Crippen LogP contribution in [0.1, 0.15) is 16.1 Å². The second-order valence-electron chi connectivity index (χ2n) is 7.23. The third-order valence-corrected chi connectivity index (χ3v) is 6.07. The minimum atomic E-state index is -0.234. The zero-order valence-corrected chi connectivity index (χ0v) is 19.4. The maximum absolute atomic E-state index is 12.4. The molecule has 33 heavy (non-hydrogen) atoms. The van der Waals surface area contributed by atoms with Crippen LogP contribution in [0.4, 0.5) is 5.69 Å². The van der Waals surface area contributed by atoms with Gasteiger partial charge in [-0.25, -0.2) is 4.98 Å². The number of aromatic nitrogens is 1. The molecule has 168 valence electrons. The Kier molecular flexibility index (Phi) is 6.90. The third-order valence-electron chi connectivity index (χ3n) is 5.03. The van der Waals surface area contributed by atoms with E-state index in [2.05, 4.69) is 16.4 Å². The summed E-state index contributed by atoms with van der Waals surface area (Å²) in [5.41, 5.74) is 3.65. The number of hydrogen-bond donors (Lipinski definition) is 1. The number of anilines is 1. The van der Waals surface area contributed by atoms with Gasteiger partial charge in [0, 0.05) is 18.2 Å². The second-order valence-corrected chi connectivity index (χ2v) is 8.35. The van der Waals surface area contributed by atoms with E-state index in [-0.39, 0.29) is 5.91 Å². The van der Waals surface area contributed by atoms with Crippen LogP contribution in [0.5, 0.6) is 17.2 Å². The first-order chi connectivity index (χ1) is 16.1. The van der Waals surface area contributed by atoms with Gasteiger partial charge >= 0.3 is 0 Å². The number of rotatable bonds is 8. The summed E-state index contributed by atoms with van der Waals surface area (Å²) in [4.78, 5) is 17.1. The van der Waals surface area contributed by atoms with Gasteiger partial charge in [0.15, 0.2) is 11.5 Å². The van der Waals surface area contributed by atoms with Crippen LogP contribution in [-0.2, 0) is 11.2 Å². The van der Waals surface area contributed by atoms with Gasteiger partial charge < -0.3 is 19.5 Å². The molecule has 3 aromatic carbocycles. The fourth-order valence-corrected chi connectivity index (χ4v) is 4.43. The van der Waals surface area contributed by atoms with E-state index in [1.807, 2.05) is 42.5 Å². The smallest absolute Gasteiger partial charge is 0.248 e. The topological polar surface area (TPSA) is 69.7 Å². The van der Waals surface area contributed by atoms with Gasteiger partial charge in [0.25, 0.3) is 0 Å². The number of thiazole rings is 1. The summed E-state index contributed by atoms with van der Waals surface area (Å²) >= 11 is 1.70. The number of nitrogens with zero attached hydrogens (tertiary/aromatic N) is 1. The largest absolute Gasteiger partial charge is 0.493 e. The maximum Gasteiger partial charge on any atom is 0.248 e. The summed E-state index contributed by atoms with van der Waals surface area (Å²) in [6.45, 7) is 0. The van der Waals surface area contributed by atoms with Crippen molar-refractivity contribution in [3.63, 3.8) is 0 Å². The molecule has 0 saturated heterocycles. The minimum absolute atomic E-state index is 0.234. The summed E-state index contributed by atoms with van der Waals surface area (Å²) in [5, 5.41) is 3.95. The molecular weight excluding hydrogens is 436 g/mol. The normalized spacial score (nSPS) is 11.0. The lowest BCUT2D eigenvalue weighted by atomic mass is 10.1. The zero-order chi connectivity index (χ0) is 23.2. The van der Waals surface area contributed by atoms with Crippen molar-refractivity contribution in [3.05, 3.63) is 82.9 Å². The molecule has 0 aliphatic heterocycles. The Hall–Kier alpha value is -3.84. The number of fused-ring (bicyclic) bond motifs is 1. The summed E-state index contributed by atoms with van der Waals surface area (Å²) < 4.78 is 17.2. The Bertz CT molecular complexity index is 1240. The van der Waals surface area contributed by atoms with Crippen LogP contribution in [-0.4, -0.2) is 32.2 Å². The SMILES string of the molecule is COc1cc(/C=C/C(=O)Nc2ccc(Cc3nc4ccccc4s3)cc2)cc(OC)c1OC. The van der Waals surface area contributed by atoms with Crippen LogP contribution >= 0.6 is 11.3 Å². The first-order valence-electron chi connectivity index (χ1n) is 10.3. The number of amides is 1. The van der Waals surface area contributed by atoms with Crippen molar-refractivity contribution in [1.29, 1.82) is 0 Å². The zero-order valence-electron chi connectivity index (χ0n) is 18.6. The van der Waals surface area contributed by atoms with E-state index in [0.717, 1.165) is 33.8 Å². The molecule has 0 bridgehead atoms. The van der Waals surface area contributed by atoms with Crippen molar-refractivity contribution in [2.24, 2.45) is 0 Å². The van der Waals surface area contributed by atoms with Gasteiger partial charge in [0.2, 0.25) is 11.7 Å². The number of carbonyl (C=O) groups is 1. The summed E-state index contributed by atoms with van der Waals surface area (Å²) in [5.74, 6) is 1.33. The molecule has 1 N–H and O–H groups in total. The molecule has 0 unspecified atom stereocenters. The number of benzene rings is 3. The Balaban J connectivity index is 1.40. The van der Waals surface area contributed by atoms with Gasteiger partial charge in [-0.2, -0.15) is 0 Å². The van der Waals surface area contributed by atoms with E-state index in [4.69, 9.17) is 14.2 Å². The predicted octanol–water partition coefficient (Wildman–Crippen LogP) is 5.56. The Labute approximate surface area is 196 Å². The van der Waals surface area contributed by atoms with Crippen molar-refractivity contribution in [2.75, 3.05) is 26.6 Å². The highest BCUT2D eigenvalue weighted by atomic mass is 32.1.